The molecule has 0 saturated carbocycles. The van der Waals surface area contributed by atoms with Crippen LogP contribution in [-0.4, -0.2) is 16.2 Å². The minimum atomic E-state index is -0.905. The van der Waals surface area contributed by atoms with E-state index < -0.39 is 11.4 Å². The minimum absolute atomic E-state index is 0.164. The Balaban J connectivity index is 2.63. The summed E-state index contributed by atoms with van der Waals surface area (Å²) >= 11 is 0. The molecule has 0 saturated heterocycles. The van der Waals surface area contributed by atoms with Gasteiger partial charge in [0.15, 0.2) is 0 Å². The molecule has 0 bridgehead atoms. The van der Waals surface area contributed by atoms with Gasteiger partial charge < -0.3 is 10.2 Å². The Labute approximate surface area is 175 Å². The molecule has 3 nitrogen and oxygen atoms in total. The maximum atomic E-state index is 11.8. The van der Waals surface area contributed by atoms with E-state index in [4.69, 9.17) is 0 Å². The predicted octanol–water partition coefficient (Wildman–Crippen LogP) is 6.41. The van der Waals surface area contributed by atoms with Crippen LogP contribution in [-0.2, 0) is 16.6 Å². The van der Waals surface area contributed by atoms with Gasteiger partial charge >= 0.3 is 5.97 Å². The van der Waals surface area contributed by atoms with Crippen LogP contribution in [0.15, 0.2) is 35.9 Å². The van der Waals surface area contributed by atoms with Gasteiger partial charge in [-0.15, -0.1) is 0 Å². The Morgan fingerprint density at radius 3 is 2.03 bits per heavy atom. The van der Waals surface area contributed by atoms with Crippen molar-refractivity contribution in [2.45, 2.75) is 67.2 Å². The topological polar surface area (TPSA) is 57.5 Å². The van der Waals surface area contributed by atoms with E-state index in [9.17, 15) is 15.0 Å². The first kappa shape index (κ1) is 22.7. The van der Waals surface area contributed by atoms with Gasteiger partial charge in [0.05, 0.1) is 0 Å². The van der Waals surface area contributed by atoms with E-state index in [2.05, 4.69) is 26.8 Å². The van der Waals surface area contributed by atoms with Crippen molar-refractivity contribution in [1.82, 2.24) is 0 Å². The average Bonchev–Trinajstić information content (AvgIpc) is 2.54. The van der Waals surface area contributed by atoms with Gasteiger partial charge in [-0.3, -0.25) is 0 Å². The average molecular weight is 395 g/mol. The summed E-state index contributed by atoms with van der Waals surface area (Å²) in [6.45, 7) is 16.1. The summed E-state index contributed by atoms with van der Waals surface area (Å²) in [7, 11) is 0. The highest BCUT2D eigenvalue weighted by atomic mass is 16.4. The summed E-state index contributed by atoms with van der Waals surface area (Å²) in [5.74, 6) is -0.578. The Kier molecular flexibility index (Phi) is 6.32. The number of aromatic hydroxyl groups is 1. The lowest BCUT2D eigenvalue weighted by molar-refractivity contribution is -0.133. The van der Waals surface area contributed by atoms with Crippen LogP contribution in [0, 0.1) is 19.3 Å². The molecule has 0 amide bonds. The van der Waals surface area contributed by atoms with Crippen LogP contribution in [0.25, 0.3) is 6.08 Å². The van der Waals surface area contributed by atoms with Gasteiger partial charge in [0.2, 0.25) is 0 Å². The number of hydrogen-bond acceptors (Lipinski definition) is 2. The third kappa shape index (κ3) is 5.50. The van der Waals surface area contributed by atoms with Gasteiger partial charge in [-0.2, -0.15) is 0 Å². The molecule has 0 radical (unpaired) electrons. The molecule has 0 aromatic heterocycles. The van der Waals surface area contributed by atoms with Crippen LogP contribution in [0.4, 0.5) is 0 Å². The Morgan fingerprint density at radius 2 is 1.52 bits per heavy atom. The molecule has 0 atom stereocenters. The number of rotatable bonds is 4. The summed E-state index contributed by atoms with van der Waals surface area (Å²) in [6.07, 6.45) is 2.32. The second kappa shape index (κ2) is 8.06. The normalized spacial score (nSPS) is 12.9. The molecule has 2 aromatic rings. The summed E-state index contributed by atoms with van der Waals surface area (Å²) < 4.78 is 0. The van der Waals surface area contributed by atoms with Crippen molar-refractivity contribution in [3.8, 4) is 5.75 Å². The summed E-state index contributed by atoms with van der Waals surface area (Å²) in [6, 6.07) is 10.1. The van der Waals surface area contributed by atoms with Gasteiger partial charge in [-0.1, -0.05) is 83.0 Å². The lowest BCUT2D eigenvalue weighted by Gasteiger charge is -2.23. The van der Waals surface area contributed by atoms with Crippen molar-refractivity contribution < 1.29 is 15.0 Å². The van der Waals surface area contributed by atoms with Gasteiger partial charge in [0.1, 0.15) is 5.75 Å². The molecular weight excluding hydrogens is 360 g/mol. The third-order valence-corrected chi connectivity index (χ3v) is 5.16. The van der Waals surface area contributed by atoms with Crippen LogP contribution in [0.2, 0.25) is 0 Å². The van der Waals surface area contributed by atoms with Crippen molar-refractivity contribution in [1.29, 1.82) is 0 Å². The lowest BCUT2D eigenvalue weighted by Crippen LogP contribution is -2.17. The Morgan fingerprint density at radius 1 is 0.931 bits per heavy atom. The molecule has 29 heavy (non-hydrogen) atoms. The maximum absolute atomic E-state index is 11.8. The van der Waals surface area contributed by atoms with Gasteiger partial charge in [0, 0.05) is 12.0 Å². The molecule has 0 aliphatic rings. The van der Waals surface area contributed by atoms with Crippen LogP contribution < -0.4 is 0 Å². The molecule has 0 aliphatic heterocycles. The first-order valence-electron chi connectivity index (χ1n) is 10.1. The predicted molar refractivity (Wildman–Crippen MR) is 121 cm³/mol. The Bertz CT molecular complexity index is 951. The van der Waals surface area contributed by atoms with Crippen LogP contribution >= 0.6 is 0 Å². The molecule has 0 aliphatic carbocycles. The first-order chi connectivity index (χ1) is 13.2. The molecule has 3 heteroatoms. The highest BCUT2D eigenvalue weighted by Gasteiger charge is 2.24. The number of benzene rings is 2. The number of hydrogen-bond donors (Lipinski definition) is 2. The summed E-state index contributed by atoms with van der Waals surface area (Å²) in [4.78, 5) is 11.8. The Hall–Kier alpha value is -2.55. The van der Waals surface area contributed by atoms with Gasteiger partial charge in [-0.05, 0) is 53.0 Å². The quantitative estimate of drug-likeness (QED) is 0.589. The number of aliphatic carboxylic acids is 1. The summed E-state index contributed by atoms with van der Waals surface area (Å²) in [5, 5.41) is 20.7. The molecule has 0 heterocycles. The van der Waals surface area contributed by atoms with Crippen LogP contribution in [0.3, 0.4) is 0 Å². The second-order valence-electron chi connectivity index (χ2n) is 10.1. The van der Waals surface area contributed by atoms with Crippen molar-refractivity contribution in [3.05, 3.63) is 69.3 Å². The molecule has 0 spiro atoms. The van der Waals surface area contributed by atoms with Crippen LogP contribution in [0.1, 0.15) is 74.9 Å². The number of carboxylic acid groups (broad SMARTS) is 1. The number of carbonyl (C=O) groups is 1. The zero-order valence-electron chi connectivity index (χ0n) is 19.0. The van der Waals surface area contributed by atoms with Crippen molar-refractivity contribution >= 4 is 12.0 Å². The monoisotopic (exact) mass is 394 g/mol. The van der Waals surface area contributed by atoms with E-state index in [1.54, 1.807) is 6.08 Å². The fourth-order valence-corrected chi connectivity index (χ4v) is 3.55. The zero-order valence-corrected chi connectivity index (χ0v) is 19.0. The standard InChI is InChI=1S/C26H34O3/c1-16-9-10-18(15-22(24(28)29)26(6,7)8)19(11-16)14-20-12-17(2)13-21(23(20)27)25(3,4)5/h9-13,15,27H,14H2,1-8H3,(H,28,29). The van der Waals surface area contributed by atoms with E-state index in [0.717, 1.165) is 33.4 Å². The minimum Gasteiger partial charge on any atom is -0.507 e. The number of aryl methyl sites for hydroxylation is 2. The SMILES string of the molecule is Cc1ccc(C=C(C(=O)O)C(C)(C)C)c(Cc2cc(C)cc(C(C)(C)C)c2O)c1. The van der Waals surface area contributed by atoms with Crippen molar-refractivity contribution in [2.24, 2.45) is 5.41 Å². The molecule has 2 N–H and O–H groups in total. The van der Waals surface area contributed by atoms with E-state index in [0.29, 0.717) is 17.7 Å². The number of phenols is 1. The van der Waals surface area contributed by atoms with E-state index in [-0.39, 0.29) is 5.41 Å². The molecule has 0 unspecified atom stereocenters. The molecule has 2 rings (SSSR count). The molecule has 0 fully saturated rings. The van der Waals surface area contributed by atoms with Gasteiger partial charge in [-0.25, -0.2) is 4.79 Å². The molecular formula is C26H34O3. The lowest BCUT2D eigenvalue weighted by atomic mass is 9.82. The maximum Gasteiger partial charge on any atom is 0.332 e. The van der Waals surface area contributed by atoms with E-state index in [1.807, 2.05) is 58.9 Å². The highest BCUT2D eigenvalue weighted by molar-refractivity contribution is 5.93. The van der Waals surface area contributed by atoms with Crippen molar-refractivity contribution in [2.75, 3.05) is 0 Å². The molecule has 156 valence electrons. The third-order valence-electron chi connectivity index (χ3n) is 5.16. The smallest absolute Gasteiger partial charge is 0.332 e. The highest BCUT2D eigenvalue weighted by Crippen LogP contribution is 2.36. The first-order valence-corrected chi connectivity index (χ1v) is 10.1. The fraction of sp³-hybridized carbons (Fsp3) is 0.423. The van der Waals surface area contributed by atoms with Gasteiger partial charge in [0.25, 0.3) is 0 Å². The van der Waals surface area contributed by atoms with Crippen LogP contribution in [0.5, 0.6) is 5.75 Å². The largest absolute Gasteiger partial charge is 0.507 e. The number of carboxylic acids is 1. The molecule has 2 aromatic carbocycles. The zero-order chi connectivity index (χ0) is 22.1. The van der Waals surface area contributed by atoms with E-state index in [1.165, 1.54) is 0 Å². The van der Waals surface area contributed by atoms with E-state index >= 15 is 0 Å². The van der Waals surface area contributed by atoms with Crippen molar-refractivity contribution in [3.63, 3.8) is 0 Å². The number of phenolic OH excluding ortho intramolecular Hbond substituents is 1. The second-order valence-corrected chi connectivity index (χ2v) is 10.1. The summed E-state index contributed by atoms with van der Waals surface area (Å²) in [5.41, 5.74) is 5.62. The fourth-order valence-electron chi connectivity index (χ4n) is 3.55.